The molecule has 0 radical (unpaired) electrons. The predicted molar refractivity (Wildman–Crippen MR) is 56.2 cm³/mol. The number of aliphatic carboxylic acids is 1. The van der Waals surface area contributed by atoms with Crippen LogP contribution in [-0.2, 0) is 24.2 Å². The Hall–Kier alpha value is -0.410. The number of carboxylic acids is 1. The molecule has 0 aromatic carbocycles. The summed E-state index contributed by atoms with van der Waals surface area (Å²) < 4.78 is 27.2. The lowest BCUT2D eigenvalue weighted by Gasteiger charge is -2.09. The molecule has 9 heteroatoms. The Morgan fingerprint density at radius 2 is 2.00 bits per heavy atom. The summed E-state index contributed by atoms with van der Waals surface area (Å²) in [4.78, 5) is 21.2. The zero-order chi connectivity index (χ0) is 11.8. The number of rotatable bonds is 3. The van der Waals surface area contributed by atoms with Crippen LogP contribution in [0.3, 0.4) is 0 Å². The third-order valence-electron chi connectivity index (χ3n) is 1.46. The van der Waals surface area contributed by atoms with Gasteiger partial charge in [0.15, 0.2) is 5.75 Å². The van der Waals surface area contributed by atoms with Gasteiger partial charge < -0.3 is 9.84 Å². The van der Waals surface area contributed by atoms with Crippen molar-refractivity contribution in [3.63, 3.8) is 0 Å². The van der Waals surface area contributed by atoms with Crippen molar-refractivity contribution < 1.29 is 27.9 Å². The van der Waals surface area contributed by atoms with Crippen molar-refractivity contribution in [3.05, 3.63) is 8.96 Å². The van der Waals surface area contributed by atoms with Gasteiger partial charge in [-0.2, -0.15) is 0 Å². The molecule has 0 aromatic rings. The van der Waals surface area contributed by atoms with E-state index in [1.165, 1.54) is 0 Å². The molecule has 0 aromatic heterocycles. The summed E-state index contributed by atoms with van der Waals surface area (Å²) in [5.41, 5.74) is -1.57. The van der Waals surface area contributed by atoms with E-state index in [9.17, 15) is 18.0 Å². The van der Waals surface area contributed by atoms with E-state index < -0.39 is 33.0 Å². The Balaban J connectivity index is 3.03. The maximum Gasteiger partial charge on any atom is 0.347 e. The first-order chi connectivity index (χ1) is 6.75. The quantitative estimate of drug-likeness (QED) is 0.727. The van der Waals surface area contributed by atoms with Crippen LogP contribution in [0, 0.1) is 0 Å². The van der Waals surface area contributed by atoms with Crippen LogP contribution in [0.15, 0.2) is 8.96 Å². The van der Waals surface area contributed by atoms with E-state index in [4.69, 9.17) is 5.11 Å². The lowest BCUT2D eigenvalue weighted by Crippen LogP contribution is -2.28. The highest BCUT2D eigenvalue weighted by molar-refractivity contribution is 9.14. The molecule has 0 unspecified atom stereocenters. The number of hydrogen-bond donors (Lipinski definition) is 1. The second-order valence-corrected chi connectivity index (χ2v) is 6.29. The first kappa shape index (κ1) is 12.7. The first-order valence-electron chi connectivity index (χ1n) is 3.45. The van der Waals surface area contributed by atoms with Gasteiger partial charge in [0.25, 0.3) is 0 Å². The van der Waals surface area contributed by atoms with Gasteiger partial charge in [-0.3, -0.25) is 4.79 Å². The van der Waals surface area contributed by atoms with Gasteiger partial charge in [-0.05, 0) is 31.9 Å². The van der Waals surface area contributed by atoms with Crippen LogP contribution in [-0.4, -0.2) is 36.7 Å². The van der Waals surface area contributed by atoms with Crippen LogP contribution in [0.1, 0.15) is 0 Å². The molecule has 0 amide bonds. The number of carbonyl (C=O) groups excluding carboxylic acids is 1. The van der Waals surface area contributed by atoms with Crippen LogP contribution >= 0.6 is 31.9 Å². The normalized spacial score (nSPS) is 21.7. The number of sulfone groups is 1. The molecular formula is C6H4Br2O6S. The van der Waals surface area contributed by atoms with Crippen molar-refractivity contribution in [2.45, 2.75) is 5.44 Å². The number of cyclic esters (lactones) is 1. The highest BCUT2D eigenvalue weighted by atomic mass is 79.9. The average Bonchev–Trinajstić information content (AvgIpc) is 2.31. The van der Waals surface area contributed by atoms with Crippen molar-refractivity contribution in [2.24, 2.45) is 0 Å². The molecule has 15 heavy (non-hydrogen) atoms. The van der Waals surface area contributed by atoms with Crippen molar-refractivity contribution in [3.8, 4) is 0 Å². The average molecular weight is 364 g/mol. The molecular weight excluding hydrogens is 360 g/mol. The minimum atomic E-state index is -4.05. The molecule has 0 fully saturated rings. The maximum absolute atomic E-state index is 11.4. The van der Waals surface area contributed by atoms with Gasteiger partial charge in [0.2, 0.25) is 15.3 Å². The summed E-state index contributed by atoms with van der Waals surface area (Å²) in [6.07, 6.45) is 0. The molecule has 1 aliphatic heterocycles. The van der Waals surface area contributed by atoms with Gasteiger partial charge in [0.1, 0.15) is 4.48 Å². The second kappa shape index (κ2) is 4.22. The van der Waals surface area contributed by atoms with E-state index in [0.717, 1.165) is 0 Å². The zero-order valence-electron chi connectivity index (χ0n) is 6.94. The Labute approximate surface area is 101 Å². The summed E-state index contributed by atoms with van der Waals surface area (Å²) in [5, 5.41) is 8.36. The van der Waals surface area contributed by atoms with Crippen LogP contribution in [0.2, 0.25) is 0 Å². The minimum absolute atomic E-state index is 0.0197. The monoisotopic (exact) mass is 362 g/mol. The zero-order valence-corrected chi connectivity index (χ0v) is 10.9. The SMILES string of the molecule is O=C(O)CS(=O)(=O)[C@@H]1OC(=O)C(Br)=C1Br. The fraction of sp³-hybridized carbons (Fsp3) is 0.333. The minimum Gasteiger partial charge on any atom is -0.480 e. The number of ether oxygens (including phenoxy) is 1. The smallest absolute Gasteiger partial charge is 0.347 e. The maximum atomic E-state index is 11.4. The number of halogens is 2. The van der Waals surface area contributed by atoms with E-state index in [0.29, 0.717) is 0 Å². The molecule has 0 aliphatic carbocycles. The predicted octanol–water partition coefficient (Wildman–Crippen LogP) is 0.370. The summed E-state index contributed by atoms with van der Waals surface area (Å²) >= 11 is 5.67. The summed E-state index contributed by atoms with van der Waals surface area (Å²) in [5.74, 6) is -3.45. The standard InChI is InChI=1S/C6H4Br2O6S/c7-3-4(8)6(14-5(3)11)15(12,13)1-2(9)10/h6H,1H2,(H,9,10)/t6-/m0/s1. The van der Waals surface area contributed by atoms with Crippen LogP contribution < -0.4 is 0 Å². The van der Waals surface area contributed by atoms with Gasteiger partial charge in [0, 0.05) is 0 Å². The summed E-state index contributed by atoms with van der Waals surface area (Å²) in [7, 11) is -4.05. The molecule has 6 nitrogen and oxygen atoms in total. The third-order valence-corrected chi connectivity index (χ3v) is 5.49. The molecule has 1 heterocycles. The van der Waals surface area contributed by atoms with E-state index in [1.54, 1.807) is 0 Å². The van der Waals surface area contributed by atoms with Crippen LogP contribution in [0.4, 0.5) is 0 Å². The molecule has 1 aliphatic rings. The highest BCUT2D eigenvalue weighted by Gasteiger charge is 2.41. The molecule has 1 N–H and O–H groups in total. The number of esters is 1. The van der Waals surface area contributed by atoms with E-state index in [2.05, 4.69) is 36.6 Å². The van der Waals surface area contributed by atoms with Crippen molar-refractivity contribution in [1.29, 1.82) is 0 Å². The highest BCUT2D eigenvalue weighted by Crippen LogP contribution is 2.34. The first-order valence-corrected chi connectivity index (χ1v) is 6.75. The molecule has 0 saturated heterocycles. The Morgan fingerprint density at radius 1 is 1.47 bits per heavy atom. The third kappa shape index (κ3) is 2.58. The number of carboxylic acid groups (broad SMARTS) is 1. The van der Waals surface area contributed by atoms with Gasteiger partial charge >= 0.3 is 11.9 Å². The largest absolute Gasteiger partial charge is 0.480 e. The van der Waals surface area contributed by atoms with Crippen LogP contribution in [0.5, 0.6) is 0 Å². The van der Waals surface area contributed by atoms with Gasteiger partial charge in [-0.25, -0.2) is 13.2 Å². The molecule has 0 spiro atoms. The molecule has 84 valence electrons. The second-order valence-electron chi connectivity index (χ2n) is 2.60. The van der Waals surface area contributed by atoms with Crippen molar-refractivity contribution >= 4 is 53.6 Å². The van der Waals surface area contributed by atoms with Crippen molar-refractivity contribution in [1.82, 2.24) is 0 Å². The lowest BCUT2D eigenvalue weighted by molar-refractivity contribution is -0.137. The number of carbonyl (C=O) groups is 2. The fourth-order valence-corrected chi connectivity index (χ4v) is 3.61. The molecule has 0 bridgehead atoms. The molecule has 1 atom stereocenters. The Kier molecular flexibility index (Phi) is 3.56. The summed E-state index contributed by atoms with van der Waals surface area (Å²) in [6, 6.07) is 0. The molecule has 0 saturated carbocycles. The lowest BCUT2D eigenvalue weighted by atomic mass is 10.6. The van der Waals surface area contributed by atoms with Crippen molar-refractivity contribution in [2.75, 3.05) is 5.75 Å². The molecule has 1 rings (SSSR count). The van der Waals surface area contributed by atoms with E-state index in [1.807, 2.05) is 0 Å². The van der Waals surface area contributed by atoms with Crippen LogP contribution in [0.25, 0.3) is 0 Å². The van der Waals surface area contributed by atoms with Gasteiger partial charge in [-0.15, -0.1) is 0 Å². The van der Waals surface area contributed by atoms with E-state index in [-0.39, 0.29) is 8.96 Å². The van der Waals surface area contributed by atoms with Gasteiger partial charge in [0.05, 0.1) is 4.48 Å². The Morgan fingerprint density at radius 3 is 2.33 bits per heavy atom. The topological polar surface area (TPSA) is 97.7 Å². The Bertz CT molecular complexity index is 450. The number of hydrogen-bond acceptors (Lipinski definition) is 5. The van der Waals surface area contributed by atoms with Gasteiger partial charge in [-0.1, -0.05) is 0 Å². The fourth-order valence-electron chi connectivity index (χ4n) is 0.880. The summed E-state index contributed by atoms with van der Waals surface area (Å²) in [6.45, 7) is 0. The van der Waals surface area contributed by atoms with E-state index >= 15 is 0 Å².